The Morgan fingerprint density at radius 1 is 1.27 bits per heavy atom. The summed E-state index contributed by atoms with van der Waals surface area (Å²) < 4.78 is 25.4. The van der Waals surface area contributed by atoms with Crippen LogP contribution in [0, 0.1) is 5.92 Å². The molecule has 0 aliphatic carbocycles. The van der Waals surface area contributed by atoms with Gasteiger partial charge in [0.2, 0.25) is 0 Å². The zero-order valence-corrected chi connectivity index (χ0v) is 7.14. The molecule has 0 aromatic heterocycles. The fraction of sp³-hybridized carbons (Fsp3) is 0.750. The Morgan fingerprint density at radius 2 is 1.73 bits per heavy atom. The Kier molecular flexibility index (Phi) is 3.66. The molecule has 0 aliphatic heterocycles. The average molecular weight is 163 g/mol. The Labute approximate surface area is 66.3 Å². The van der Waals surface area contributed by atoms with E-state index in [0.29, 0.717) is 0 Å². The largest absolute Gasteiger partial charge is 0.323 e. The highest BCUT2D eigenvalue weighted by Gasteiger charge is 2.29. The van der Waals surface area contributed by atoms with Crippen LogP contribution in [0.1, 0.15) is 20.8 Å². The molecule has 1 atom stereocenters. The molecule has 0 aromatic rings. The summed E-state index contributed by atoms with van der Waals surface area (Å²) in [7, 11) is 0. The summed E-state index contributed by atoms with van der Waals surface area (Å²) in [6.45, 7) is 4.98. The van der Waals surface area contributed by atoms with E-state index in [1.54, 1.807) is 0 Å². The first-order chi connectivity index (χ1) is 4.86. The first kappa shape index (κ1) is 10.6. The molecule has 2 N–H and O–H groups in total. The van der Waals surface area contributed by atoms with Crippen molar-refractivity contribution < 1.29 is 8.78 Å². The summed E-state index contributed by atoms with van der Waals surface area (Å²) in [4.78, 5) is 0. The third kappa shape index (κ3) is 4.09. The number of hydrogen-bond donors (Lipinski definition) is 1. The first-order valence-corrected chi connectivity index (χ1v) is 3.69. The molecular formula is C8H15F2N. The monoisotopic (exact) mass is 163 g/mol. The Hall–Kier alpha value is -0.440. The fourth-order valence-electron chi connectivity index (χ4n) is 0.473. The zero-order chi connectivity index (χ0) is 9.07. The minimum absolute atomic E-state index is 0.139. The predicted octanol–water partition coefficient (Wildman–Crippen LogP) is 2.18. The Bertz CT molecular complexity index is 139. The van der Waals surface area contributed by atoms with Gasteiger partial charge < -0.3 is 5.73 Å². The van der Waals surface area contributed by atoms with Crippen molar-refractivity contribution >= 4 is 0 Å². The quantitative estimate of drug-likeness (QED) is 0.634. The molecule has 0 saturated carbocycles. The number of alkyl halides is 2. The zero-order valence-electron chi connectivity index (χ0n) is 7.14. The second kappa shape index (κ2) is 3.81. The molecular weight excluding hydrogens is 148 g/mol. The van der Waals surface area contributed by atoms with Gasteiger partial charge in [0, 0.05) is 0 Å². The van der Waals surface area contributed by atoms with Gasteiger partial charge in [-0.05, 0) is 18.9 Å². The molecule has 0 amide bonds. The van der Waals surface area contributed by atoms with Crippen molar-refractivity contribution in [1.82, 2.24) is 0 Å². The van der Waals surface area contributed by atoms with Gasteiger partial charge in [-0.15, -0.1) is 0 Å². The molecule has 0 spiro atoms. The van der Waals surface area contributed by atoms with E-state index in [2.05, 4.69) is 0 Å². The SMILES string of the molecule is CC(C)/C=C/C(F)(F)[C@@H](C)N. The molecule has 0 heterocycles. The van der Waals surface area contributed by atoms with Crippen molar-refractivity contribution in [2.24, 2.45) is 11.7 Å². The highest BCUT2D eigenvalue weighted by molar-refractivity contribution is 5.00. The standard InChI is InChI=1S/C8H15F2N/c1-6(2)4-5-8(9,10)7(3)11/h4-7H,11H2,1-3H3/b5-4+/t7-/m1/s1. The second-order valence-corrected chi connectivity index (χ2v) is 3.07. The molecule has 0 rings (SSSR count). The molecule has 0 bridgehead atoms. The van der Waals surface area contributed by atoms with Crippen molar-refractivity contribution in [3.05, 3.63) is 12.2 Å². The van der Waals surface area contributed by atoms with Crippen LogP contribution in [-0.2, 0) is 0 Å². The van der Waals surface area contributed by atoms with E-state index >= 15 is 0 Å². The highest BCUT2D eigenvalue weighted by atomic mass is 19.3. The molecule has 0 saturated heterocycles. The molecule has 0 radical (unpaired) electrons. The minimum atomic E-state index is -2.87. The summed E-state index contributed by atoms with van der Waals surface area (Å²) in [5.41, 5.74) is 5.06. The molecule has 0 fully saturated rings. The van der Waals surface area contributed by atoms with Gasteiger partial charge in [0.25, 0.3) is 5.92 Å². The van der Waals surface area contributed by atoms with E-state index < -0.39 is 12.0 Å². The number of rotatable bonds is 3. The van der Waals surface area contributed by atoms with Crippen molar-refractivity contribution in [3.63, 3.8) is 0 Å². The van der Waals surface area contributed by atoms with Crippen LogP contribution in [0.4, 0.5) is 8.78 Å². The molecule has 0 unspecified atom stereocenters. The smallest absolute Gasteiger partial charge is 0.280 e. The second-order valence-electron chi connectivity index (χ2n) is 3.07. The van der Waals surface area contributed by atoms with Crippen LogP contribution in [-0.4, -0.2) is 12.0 Å². The average Bonchev–Trinajstić information content (AvgIpc) is 1.84. The van der Waals surface area contributed by atoms with Gasteiger partial charge >= 0.3 is 0 Å². The van der Waals surface area contributed by atoms with E-state index in [4.69, 9.17) is 5.73 Å². The van der Waals surface area contributed by atoms with Crippen LogP contribution < -0.4 is 5.73 Å². The van der Waals surface area contributed by atoms with Crippen molar-refractivity contribution in [2.45, 2.75) is 32.7 Å². The topological polar surface area (TPSA) is 26.0 Å². The molecule has 1 nitrogen and oxygen atoms in total. The van der Waals surface area contributed by atoms with Gasteiger partial charge in [0.15, 0.2) is 0 Å². The normalized spacial score (nSPS) is 16.3. The predicted molar refractivity (Wildman–Crippen MR) is 42.6 cm³/mol. The molecule has 0 aromatic carbocycles. The van der Waals surface area contributed by atoms with E-state index in [1.165, 1.54) is 13.0 Å². The van der Waals surface area contributed by atoms with Gasteiger partial charge in [-0.2, -0.15) is 0 Å². The van der Waals surface area contributed by atoms with Gasteiger partial charge in [-0.3, -0.25) is 0 Å². The number of nitrogens with two attached hydrogens (primary N) is 1. The Balaban J connectivity index is 4.11. The third-order valence-electron chi connectivity index (χ3n) is 1.31. The van der Waals surface area contributed by atoms with E-state index in [9.17, 15) is 8.78 Å². The molecule has 0 aliphatic rings. The van der Waals surface area contributed by atoms with Crippen LogP contribution in [0.5, 0.6) is 0 Å². The maximum Gasteiger partial charge on any atom is 0.280 e. The van der Waals surface area contributed by atoms with Crippen LogP contribution in [0.2, 0.25) is 0 Å². The van der Waals surface area contributed by atoms with Gasteiger partial charge in [0.05, 0.1) is 6.04 Å². The fourth-order valence-corrected chi connectivity index (χ4v) is 0.473. The summed E-state index contributed by atoms with van der Waals surface area (Å²) in [5.74, 6) is -2.73. The maximum absolute atomic E-state index is 12.7. The summed E-state index contributed by atoms with van der Waals surface area (Å²) in [6.07, 6.45) is 2.34. The van der Waals surface area contributed by atoms with Crippen molar-refractivity contribution in [3.8, 4) is 0 Å². The molecule has 3 heteroatoms. The minimum Gasteiger partial charge on any atom is -0.323 e. The maximum atomic E-state index is 12.7. The summed E-state index contributed by atoms with van der Waals surface area (Å²) in [5, 5.41) is 0. The van der Waals surface area contributed by atoms with E-state index in [0.717, 1.165) is 6.08 Å². The van der Waals surface area contributed by atoms with Crippen LogP contribution in [0.25, 0.3) is 0 Å². The number of allylic oxidation sites excluding steroid dienone is 1. The van der Waals surface area contributed by atoms with Crippen molar-refractivity contribution in [2.75, 3.05) is 0 Å². The van der Waals surface area contributed by atoms with Crippen LogP contribution >= 0.6 is 0 Å². The highest BCUT2D eigenvalue weighted by Crippen LogP contribution is 2.19. The third-order valence-corrected chi connectivity index (χ3v) is 1.31. The van der Waals surface area contributed by atoms with E-state index in [-0.39, 0.29) is 5.92 Å². The van der Waals surface area contributed by atoms with Crippen LogP contribution in [0.15, 0.2) is 12.2 Å². The number of hydrogen-bond acceptors (Lipinski definition) is 1. The lowest BCUT2D eigenvalue weighted by Crippen LogP contribution is -2.36. The van der Waals surface area contributed by atoms with Crippen LogP contribution in [0.3, 0.4) is 0 Å². The lowest BCUT2D eigenvalue weighted by molar-refractivity contribution is 0.0320. The lowest BCUT2D eigenvalue weighted by atomic mass is 10.1. The Morgan fingerprint density at radius 3 is 2.00 bits per heavy atom. The first-order valence-electron chi connectivity index (χ1n) is 3.69. The van der Waals surface area contributed by atoms with Gasteiger partial charge in [-0.1, -0.05) is 19.9 Å². The summed E-state index contributed by atoms with van der Waals surface area (Å²) >= 11 is 0. The lowest BCUT2D eigenvalue weighted by Gasteiger charge is -2.15. The number of halogens is 2. The molecule has 66 valence electrons. The van der Waals surface area contributed by atoms with Gasteiger partial charge in [-0.25, -0.2) is 8.78 Å². The summed E-state index contributed by atoms with van der Waals surface area (Å²) in [6, 6.07) is -1.11. The van der Waals surface area contributed by atoms with E-state index in [1.807, 2.05) is 13.8 Å². The van der Waals surface area contributed by atoms with Gasteiger partial charge in [0.1, 0.15) is 0 Å². The van der Waals surface area contributed by atoms with Crippen molar-refractivity contribution in [1.29, 1.82) is 0 Å². The molecule has 11 heavy (non-hydrogen) atoms.